The third kappa shape index (κ3) is 2.92. The molecule has 2 atom stereocenters. The standard InChI is InChI=1S/C18H24N2O3/c1-3-20-16(21)11-14(18(22)19-12-7-6-8-12)17(20)13-9-4-5-10-15(13)23-2/h4-5,9-10,12,14,17H,3,6-8,11H2,1-2H3,(H,19,22)/t14-,17+/m1/s1. The van der Waals surface area contributed by atoms with Gasteiger partial charge in [0.15, 0.2) is 0 Å². The van der Waals surface area contributed by atoms with Crippen LogP contribution in [0.4, 0.5) is 0 Å². The van der Waals surface area contributed by atoms with Crippen LogP contribution in [0.2, 0.25) is 0 Å². The summed E-state index contributed by atoms with van der Waals surface area (Å²) in [5, 5.41) is 3.10. The lowest BCUT2D eigenvalue weighted by molar-refractivity contribution is -0.129. The van der Waals surface area contributed by atoms with Crippen molar-refractivity contribution in [1.29, 1.82) is 0 Å². The Hall–Kier alpha value is -2.04. The van der Waals surface area contributed by atoms with Gasteiger partial charge in [0.2, 0.25) is 11.8 Å². The van der Waals surface area contributed by atoms with E-state index in [1.54, 1.807) is 12.0 Å². The smallest absolute Gasteiger partial charge is 0.226 e. The molecule has 0 radical (unpaired) electrons. The molecular weight excluding hydrogens is 292 g/mol. The quantitative estimate of drug-likeness (QED) is 0.906. The highest BCUT2D eigenvalue weighted by Gasteiger charge is 2.45. The molecule has 1 aromatic carbocycles. The number of rotatable bonds is 5. The summed E-state index contributed by atoms with van der Waals surface area (Å²) < 4.78 is 5.46. The Kier molecular flexibility index (Phi) is 4.55. The van der Waals surface area contributed by atoms with Crippen LogP contribution in [0.5, 0.6) is 5.75 Å². The first-order valence-electron chi connectivity index (χ1n) is 8.38. The fourth-order valence-electron chi connectivity index (χ4n) is 3.55. The van der Waals surface area contributed by atoms with Gasteiger partial charge in [0, 0.05) is 24.6 Å². The number of nitrogens with one attached hydrogen (secondary N) is 1. The van der Waals surface area contributed by atoms with E-state index in [1.807, 2.05) is 31.2 Å². The van der Waals surface area contributed by atoms with E-state index in [0.29, 0.717) is 6.54 Å². The second-order valence-corrected chi connectivity index (χ2v) is 6.31. The van der Waals surface area contributed by atoms with Gasteiger partial charge >= 0.3 is 0 Å². The van der Waals surface area contributed by atoms with E-state index in [9.17, 15) is 9.59 Å². The van der Waals surface area contributed by atoms with Crippen molar-refractivity contribution in [3.8, 4) is 5.75 Å². The number of hydrogen-bond donors (Lipinski definition) is 1. The first kappa shape index (κ1) is 15.8. The van der Waals surface area contributed by atoms with Crippen molar-refractivity contribution in [3.05, 3.63) is 29.8 Å². The van der Waals surface area contributed by atoms with Gasteiger partial charge in [0.25, 0.3) is 0 Å². The maximum absolute atomic E-state index is 12.7. The van der Waals surface area contributed by atoms with Crippen LogP contribution < -0.4 is 10.1 Å². The van der Waals surface area contributed by atoms with Crippen LogP contribution in [-0.2, 0) is 9.59 Å². The van der Waals surface area contributed by atoms with Crippen molar-refractivity contribution in [3.63, 3.8) is 0 Å². The van der Waals surface area contributed by atoms with Crippen molar-refractivity contribution in [2.24, 2.45) is 5.92 Å². The largest absolute Gasteiger partial charge is 0.496 e. The number of benzene rings is 1. The summed E-state index contributed by atoms with van der Waals surface area (Å²) in [4.78, 5) is 26.9. The van der Waals surface area contributed by atoms with Crippen molar-refractivity contribution in [1.82, 2.24) is 10.2 Å². The first-order chi connectivity index (χ1) is 11.2. The normalized spacial score (nSPS) is 24.4. The molecule has 1 heterocycles. The number of methoxy groups -OCH3 is 1. The molecule has 1 aliphatic heterocycles. The summed E-state index contributed by atoms with van der Waals surface area (Å²) in [5.41, 5.74) is 0.913. The SMILES string of the molecule is CCN1C(=O)C[C@@H](C(=O)NC2CCC2)[C@@H]1c1ccccc1OC. The summed E-state index contributed by atoms with van der Waals surface area (Å²) in [5.74, 6) is 0.415. The molecular formula is C18H24N2O3. The summed E-state index contributed by atoms with van der Waals surface area (Å²) >= 11 is 0. The maximum atomic E-state index is 12.7. The van der Waals surface area contributed by atoms with Crippen LogP contribution in [0.3, 0.4) is 0 Å². The first-order valence-corrected chi connectivity index (χ1v) is 8.38. The molecule has 1 saturated carbocycles. The van der Waals surface area contributed by atoms with Crippen molar-refractivity contribution < 1.29 is 14.3 Å². The summed E-state index contributed by atoms with van der Waals surface area (Å²) in [6, 6.07) is 7.70. The molecule has 2 aliphatic rings. The topological polar surface area (TPSA) is 58.6 Å². The molecule has 23 heavy (non-hydrogen) atoms. The molecule has 0 aromatic heterocycles. The predicted molar refractivity (Wildman–Crippen MR) is 87.0 cm³/mol. The van der Waals surface area contributed by atoms with Crippen LogP contribution in [0, 0.1) is 5.92 Å². The predicted octanol–water partition coefficient (Wildman–Crippen LogP) is 2.27. The van der Waals surface area contributed by atoms with E-state index in [4.69, 9.17) is 4.74 Å². The Morgan fingerprint density at radius 3 is 2.70 bits per heavy atom. The van der Waals surface area contributed by atoms with E-state index in [0.717, 1.165) is 24.2 Å². The fraction of sp³-hybridized carbons (Fsp3) is 0.556. The summed E-state index contributed by atoms with van der Waals surface area (Å²) in [7, 11) is 1.62. The number of amides is 2. The number of carbonyl (C=O) groups is 2. The zero-order chi connectivity index (χ0) is 16.4. The van der Waals surface area contributed by atoms with Gasteiger partial charge in [-0.2, -0.15) is 0 Å². The molecule has 3 rings (SSSR count). The number of likely N-dealkylation sites (tertiary alicyclic amines) is 1. The van der Waals surface area contributed by atoms with Crippen LogP contribution >= 0.6 is 0 Å². The van der Waals surface area contributed by atoms with Crippen LogP contribution in [0.25, 0.3) is 0 Å². The van der Waals surface area contributed by atoms with Gasteiger partial charge in [0.1, 0.15) is 5.75 Å². The minimum atomic E-state index is -0.348. The van der Waals surface area contributed by atoms with Crippen molar-refractivity contribution in [2.75, 3.05) is 13.7 Å². The van der Waals surface area contributed by atoms with E-state index in [2.05, 4.69) is 5.32 Å². The Morgan fingerprint density at radius 2 is 2.09 bits per heavy atom. The minimum absolute atomic E-state index is 0.00472. The summed E-state index contributed by atoms with van der Waals surface area (Å²) in [6.45, 7) is 2.54. The van der Waals surface area contributed by atoms with Gasteiger partial charge in [-0.3, -0.25) is 9.59 Å². The number of carbonyl (C=O) groups excluding carboxylic acids is 2. The molecule has 5 nitrogen and oxygen atoms in total. The molecule has 0 unspecified atom stereocenters. The number of ether oxygens (including phenoxy) is 1. The zero-order valence-corrected chi connectivity index (χ0v) is 13.7. The number of para-hydroxylation sites is 1. The molecule has 1 saturated heterocycles. The average molecular weight is 316 g/mol. The van der Waals surface area contributed by atoms with Crippen LogP contribution in [0.15, 0.2) is 24.3 Å². The van der Waals surface area contributed by atoms with Gasteiger partial charge in [-0.25, -0.2) is 0 Å². The van der Waals surface area contributed by atoms with Gasteiger partial charge in [-0.15, -0.1) is 0 Å². The molecule has 0 spiro atoms. The molecule has 2 fully saturated rings. The lowest BCUT2D eigenvalue weighted by atomic mass is 9.89. The van der Waals surface area contributed by atoms with E-state index in [1.165, 1.54) is 6.42 Å². The fourth-order valence-corrected chi connectivity index (χ4v) is 3.55. The number of nitrogens with zero attached hydrogens (tertiary/aromatic N) is 1. The Bertz CT molecular complexity index is 598. The zero-order valence-electron chi connectivity index (χ0n) is 13.7. The number of hydrogen-bond acceptors (Lipinski definition) is 3. The van der Waals surface area contributed by atoms with Gasteiger partial charge in [-0.05, 0) is 32.3 Å². The Balaban J connectivity index is 1.90. The Labute approximate surface area is 137 Å². The highest BCUT2D eigenvalue weighted by atomic mass is 16.5. The van der Waals surface area contributed by atoms with Gasteiger partial charge in [-0.1, -0.05) is 18.2 Å². The molecule has 5 heteroatoms. The highest BCUT2D eigenvalue weighted by molar-refractivity contribution is 5.90. The second-order valence-electron chi connectivity index (χ2n) is 6.31. The maximum Gasteiger partial charge on any atom is 0.226 e. The molecule has 124 valence electrons. The lowest BCUT2D eigenvalue weighted by Gasteiger charge is -2.31. The minimum Gasteiger partial charge on any atom is -0.496 e. The summed E-state index contributed by atoms with van der Waals surface area (Å²) in [6.07, 6.45) is 3.53. The Morgan fingerprint density at radius 1 is 1.35 bits per heavy atom. The van der Waals surface area contributed by atoms with E-state index >= 15 is 0 Å². The van der Waals surface area contributed by atoms with E-state index < -0.39 is 0 Å². The third-order valence-corrected chi connectivity index (χ3v) is 5.02. The average Bonchev–Trinajstić information content (AvgIpc) is 2.87. The van der Waals surface area contributed by atoms with Gasteiger partial charge in [0.05, 0.1) is 19.1 Å². The monoisotopic (exact) mass is 316 g/mol. The van der Waals surface area contributed by atoms with E-state index in [-0.39, 0.29) is 36.2 Å². The molecule has 2 amide bonds. The highest BCUT2D eigenvalue weighted by Crippen LogP contribution is 2.41. The third-order valence-electron chi connectivity index (χ3n) is 5.02. The van der Waals surface area contributed by atoms with Crippen LogP contribution in [-0.4, -0.2) is 36.4 Å². The van der Waals surface area contributed by atoms with Crippen molar-refractivity contribution in [2.45, 2.75) is 44.7 Å². The molecule has 1 N–H and O–H groups in total. The van der Waals surface area contributed by atoms with Crippen LogP contribution in [0.1, 0.15) is 44.2 Å². The van der Waals surface area contributed by atoms with Gasteiger partial charge < -0.3 is 15.0 Å². The molecule has 1 aromatic rings. The second kappa shape index (κ2) is 6.60. The molecule has 1 aliphatic carbocycles. The van der Waals surface area contributed by atoms with Crippen molar-refractivity contribution >= 4 is 11.8 Å². The lowest BCUT2D eigenvalue weighted by Crippen LogP contribution is -2.44. The molecule has 0 bridgehead atoms.